The first-order chi connectivity index (χ1) is 5.54. The maximum Gasteiger partial charge on any atom is 0.0341 e. The van der Waals surface area contributed by atoms with Crippen molar-refractivity contribution in [3.05, 3.63) is 22.4 Å². The Morgan fingerprint density at radius 2 is 1.75 bits per heavy atom. The highest BCUT2D eigenvalue weighted by atomic mass is 28.1. The lowest BCUT2D eigenvalue weighted by Crippen LogP contribution is -2.03. The molecule has 1 rings (SSSR count). The molecule has 0 amide bonds. The molecule has 1 aliphatic rings. The molecule has 12 heavy (non-hydrogen) atoms. The van der Waals surface area contributed by atoms with E-state index in [0.29, 0.717) is 5.92 Å². The molecule has 0 heterocycles. The Kier molecular flexibility index (Phi) is 2.94. The molecule has 0 atom stereocenters. The molecule has 68 valence electrons. The Hall–Kier alpha value is -0.303. The van der Waals surface area contributed by atoms with Gasteiger partial charge in [0.25, 0.3) is 0 Å². The number of hydrogen-bond acceptors (Lipinski definition) is 0. The summed E-state index contributed by atoms with van der Waals surface area (Å²) < 4.78 is 0. The van der Waals surface area contributed by atoms with Gasteiger partial charge in [-0.2, -0.15) is 0 Å². The molecule has 0 aromatic heterocycles. The fourth-order valence-electron chi connectivity index (χ4n) is 2.10. The highest BCUT2D eigenvalue weighted by Crippen LogP contribution is 2.34. The minimum Gasteiger partial charge on any atom is -0.0844 e. The zero-order chi connectivity index (χ0) is 9.30. The van der Waals surface area contributed by atoms with Crippen molar-refractivity contribution in [1.82, 2.24) is 0 Å². The first kappa shape index (κ1) is 9.78. The van der Waals surface area contributed by atoms with Crippen LogP contribution < -0.4 is 0 Å². The Morgan fingerprint density at radius 1 is 1.17 bits per heavy atom. The van der Waals surface area contributed by atoms with Crippen LogP contribution in [0, 0.1) is 11.8 Å². The average molecular weight is 180 g/mol. The van der Waals surface area contributed by atoms with Gasteiger partial charge in [0.2, 0.25) is 0 Å². The van der Waals surface area contributed by atoms with Gasteiger partial charge in [-0.15, -0.1) is 0 Å². The van der Waals surface area contributed by atoms with Crippen molar-refractivity contribution in [1.29, 1.82) is 0 Å². The Balaban J connectivity index is 2.93. The van der Waals surface area contributed by atoms with Gasteiger partial charge in [0, 0.05) is 10.2 Å². The van der Waals surface area contributed by atoms with Gasteiger partial charge < -0.3 is 0 Å². The fraction of sp³-hybridized carbons (Fsp3) is 0.636. The fourth-order valence-corrected chi connectivity index (χ4v) is 3.17. The van der Waals surface area contributed by atoms with E-state index in [0.717, 1.165) is 5.92 Å². The third kappa shape index (κ3) is 1.71. The van der Waals surface area contributed by atoms with Gasteiger partial charge in [-0.3, -0.25) is 0 Å². The third-order valence-electron chi connectivity index (χ3n) is 2.60. The van der Waals surface area contributed by atoms with Crippen molar-refractivity contribution in [3.63, 3.8) is 0 Å². The minimum atomic E-state index is 0.717. The van der Waals surface area contributed by atoms with E-state index in [1.54, 1.807) is 16.3 Å². The molecular weight excluding hydrogens is 160 g/mol. The molecule has 0 spiro atoms. The lowest BCUT2D eigenvalue weighted by molar-refractivity contribution is 0.706. The van der Waals surface area contributed by atoms with E-state index < -0.39 is 0 Å². The van der Waals surface area contributed by atoms with Gasteiger partial charge >= 0.3 is 0 Å². The summed E-state index contributed by atoms with van der Waals surface area (Å²) >= 11 is 0. The molecule has 0 aromatic carbocycles. The Labute approximate surface area is 79.2 Å². The predicted octanol–water partition coefficient (Wildman–Crippen LogP) is 2.25. The maximum absolute atomic E-state index is 2.43. The molecule has 0 aliphatic heterocycles. The molecule has 0 saturated carbocycles. The van der Waals surface area contributed by atoms with Crippen molar-refractivity contribution < 1.29 is 0 Å². The second-order valence-corrected chi connectivity index (χ2v) is 5.57. The molecule has 0 radical (unpaired) electrons. The predicted molar refractivity (Wildman–Crippen MR) is 59.3 cm³/mol. The van der Waals surface area contributed by atoms with Crippen LogP contribution in [0.4, 0.5) is 0 Å². The van der Waals surface area contributed by atoms with Crippen LogP contribution in [-0.2, 0) is 0 Å². The first-order valence-electron chi connectivity index (χ1n) is 4.94. The van der Waals surface area contributed by atoms with Gasteiger partial charge in [-0.1, -0.05) is 39.0 Å². The van der Waals surface area contributed by atoms with E-state index in [2.05, 4.69) is 33.8 Å². The summed E-state index contributed by atoms with van der Waals surface area (Å²) in [6, 6.07) is 0. The largest absolute Gasteiger partial charge is 0.0844 e. The number of allylic oxidation sites excluding steroid dienone is 4. The zero-order valence-electron chi connectivity index (χ0n) is 8.94. The molecular formula is C11H20Si. The number of hydrogen-bond donors (Lipinski definition) is 0. The molecule has 1 aliphatic carbocycles. The quantitative estimate of drug-likeness (QED) is 0.572. The molecule has 0 saturated heterocycles. The van der Waals surface area contributed by atoms with Gasteiger partial charge in [0.15, 0.2) is 0 Å². The SMILES string of the molecule is CC(C)C1=CCC([SiH3])=C1C(C)C. The molecule has 0 bridgehead atoms. The van der Waals surface area contributed by atoms with Crippen molar-refractivity contribution in [2.45, 2.75) is 34.1 Å². The van der Waals surface area contributed by atoms with Crippen molar-refractivity contribution in [2.24, 2.45) is 11.8 Å². The van der Waals surface area contributed by atoms with Crippen LogP contribution in [0.15, 0.2) is 22.4 Å². The van der Waals surface area contributed by atoms with Gasteiger partial charge in [-0.05, 0) is 29.4 Å². The summed E-state index contributed by atoms with van der Waals surface area (Å²) in [4.78, 5) is 0. The van der Waals surface area contributed by atoms with Gasteiger partial charge in [-0.25, -0.2) is 0 Å². The van der Waals surface area contributed by atoms with E-state index in [9.17, 15) is 0 Å². The van der Waals surface area contributed by atoms with Crippen LogP contribution in [0.25, 0.3) is 0 Å². The van der Waals surface area contributed by atoms with Crippen LogP contribution >= 0.6 is 0 Å². The zero-order valence-corrected chi connectivity index (χ0v) is 10.9. The summed E-state index contributed by atoms with van der Waals surface area (Å²) in [5.74, 6) is 1.45. The van der Waals surface area contributed by atoms with Gasteiger partial charge in [0.05, 0.1) is 0 Å². The van der Waals surface area contributed by atoms with Crippen LogP contribution in [0.2, 0.25) is 0 Å². The maximum atomic E-state index is 2.43. The average Bonchev–Trinajstić information content (AvgIpc) is 2.30. The second kappa shape index (κ2) is 3.61. The lowest BCUT2D eigenvalue weighted by atomic mass is 9.91. The topological polar surface area (TPSA) is 0 Å². The van der Waals surface area contributed by atoms with Crippen molar-refractivity contribution in [2.75, 3.05) is 0 Å². The third-order valence-corrected chi connectivity index (χ3v) is 3.55. The summed E-state index contributed by atoms with van der Waals surface area (Å²) in [6.45, 7) is 9.23. The summed E-state index contributed by atoms with van der Waals surface area (Å²) in [5.41, 5.74) is 3.30. The lowest BCUT2D eigenvalue weighted by Gasteiger charge is -2.16. The molecule has 0 N–H and O–H groups in total. The molecule has 0 unspecified atom stereocenters. The monoisotopic (exact) mass is 180 g/mol. The number of rotatable bonds is 2. The smallest absolute Gasteiger partial charge is 0.0341 e. The second-order valence-electron chi connectivity index (χ2n) is 4.37. The molecule has 0 aromatic rings. The van der Waals surface area contributed by atoms with Crippen LogP contribution in [0.3, 0.4) is 0 Å². The highest BCUT2D eigenvalue weighted by Gasteiger charge is 2.19. The highest BCUT2D eigenvalue weighted by molar-refractivity contribution is 6.23. The Bertz CT molecular complexity index is 231. The summed E-state index contributed by atoms with van der Waals surface area (Å²) in [7, 11) is 1.25. The van der Waals surface area contributed by atoms with Crippen molar-refractivity contribution in [3.8, 4) is 0 Å². The van der Waals surface area contributed by atoms with Crippen LogP contribution in [0.5, 0.6) is 0 Å². The van der Waals surface area contributed by atoms with E-state index >= 15 is 0 Å². The summed E-state index contributed by atoms with van der Waals surface area (Å²) in [5, 5.41) is 1.72. The summed E-state index contributed by atoms with van der Waals surface area (Å²) in [6.07, 6.45) is 3.68. The standard InChI is InChI=1S/C11H20Si/c1-7(2)9-5-6-10(12)11(9)8(3)4/h5,7-8H,6H2,1-4,12H3. The van der Waals surface area contributed by atoms with E-state index in [-0.39, 0.29) is 0 Å². The van der Waals surface area contributed by atoms with Crippen LogP contribution in [0.1, 0.15) is 34.1 Å². The van der Waals surface area contributed by atoms with Crippen LogP contribution in [-0.4, -0.2) is 10.2 Å². The van der Waals surface area contributed by atoms with E-state index in [1.165, 1.54) is 16.7 Å². The molecule has 1 heteroatoms. The molecule has 0 nitrogen and oxygen atoms in total. The first-order valence-corrected chi connectivity index (χ1v) is 5.94. The molecule has 0 fully saturated rings. The van der Waals surface area contributed by atoms with Gasteiger partial charge in [0.1, 0.15) is 0 Å². The van der Waals surface area contributed by atoms with Crippen molar-refractivity contribution >= 4 is 10.2 Å². The van der Waals surface area contributed by atoms with E-state index in [1.807, 2.05) is 0 Å². The minimum absolute atomic E-state index is 0.717. The van der Waals surface area contributed by atoms with E-state index in [4.69, 9.17) is 0 Å². The Morgan fingerprint density at radius 3 is 2.08 bits per heavy atom. The normalized spacial score (nSPS) is 18.3.